The average molecular weight is 466 g/mol. The molecule has 2 heterocycles. The first-order valence-corrected chi connectivity index (χ1v) is 11.7. The second-order valence-corrected chi connectivity index (χ2v) is 9.43. The zero-order valence-corrected chi connectivity index (χ0v) is 19.8. The number of hydrazine groups is 1. The molecule has 0 radical (unpaired) electrons. The second-order valence-electron chi connectivity index (χ2n) is 9.43. The van der Waals surface area contributed by atoms with Crippen LogP contribution >= 0.6 is 0 Å². The molecule has 2 fully saturated rings. The maximum atomic E-state index is 15.4. The van der Waals surface area contributed by atoms with Crippen molar-refractivity contribution in [1.82, 2.24) is 25.4 Å². The van der Waals surface area contributed by atoms with Crippen LogP contribution in [0.2, 0.25) is 0 Å². The number of carbonyl (C=O) groups excluding carboxylic acids is 2. The first-order chi connectivity index (χ1) is 15.8. The summed E-state index contributed by atoms with van der Waals surface area (Å²) in [4.78, 5) is 36.2. The lowest BCUT2D eigenvalue weighted by molar-refractivity contribution is -0.154. The summed E-state index contributed by atoms with van der Waals surface area (Å²) in [5.74, 6) is -0.768. The number of halogens is 1. The van der Waals surface area contributed by atoms with Gasteiger partial charge in [0.05, 0.1) is 12.5 Å². The van der Waals surface area contributed by atoms with Crippen molar-refractivity contribution in [2.75, 3.05) is 44.1 Å². The number of likely N-dealkylation sites (N-methyl/N-ethyl adjacent to an activating group) is 1. The fraction of sp³-hybridized carbons (Fsp3) is 0.727. The van der Waals surface area contributed by atoms with Gasteiger partial charge in [-0.2, -0.15) is 4.39 Å². The molecular formula is C22H36FN7O3. The summed E-state index contributed by atoms with van der Waals surface area (Å²) >= 11 is 0. The van der Waals surface area contributed by atoms with Crippen molar-refractivity contribution < 1.29 is 19.2 Å². The molecule has 184 valence electrons. The summed E-state index contributed by atoms with van der Waals surface area (Å²) in [6.07, 6.45) is 7.03. The van der Waals surface area contributed by atoms with E-state index in [1.807, 2.05) is 19.0 Å². The van der Waals surface area contributed by atoms with Gasteiger partial charge in [0.15, 0.2) is 11.6 Å². The zero-order valence-electron chi connectivity index (χ0n) is 19.8. The van der Waals surface area contributed by atoms with Crippen molar-refractivity contribution >= 4 is 24.0 Å². The van der Waals surface area contributed by atoms with Crippen molar-refractivity contribution in [3.8, 4) is 0 Å². The first-order valence-electron chi connectivity index (χ1n) is 11.7. The van der Waals surface area contributed by atoms with E-state index in [1.165, 1.54) is 0 Å². The molecule has 0 spiro atoms. The van der Waals surface area contributed by atoms with E-state index >= 15 is 4.39 Å². The van der Waals surface area contributed by atoms with Crippen LogP contribution in [0, 0.1) is 24.6 Å². The molecule has 2 amide bonds. The third-order valence-corrected chi connectivity index (χ3v) is 6.47. The van der Waals surface area contributed by atoms with Gasteiger partial charge < -0.3 is 9.80 Å². The van der Waals surface area contributed by atoms with Crippen LogP contribution in [0.15, 0.2) is 0 Å². The lowest BCUT2D eigenvalue weighted by atomic mass is 9.92. The van der Waals surface area contributed by atoms with Crippen LogP contribution in [0.3, 0.4) is 0 Å². The van der Waals surface area contributed by atoms with Gasteiger partial charge >= 0.3 is 0 Å². The Morgan fingerprint density at radius 1 is 1.27 bits per heavy atom. The summed E-state index contributed by atoms with van der Waals surface area (Å²) < 4.78 is 15.4. The molecule has 1 saturated carbocycles. The molecule has 1 aromatic heterocycles. The van der Waals surface area contributed by atoms with Crippen LogP contribution in [0.1, 0.15) is 50.8 Å². The SMILES string of the molecule is Cc1nc(NNC(=O)[C@@H](CC2CCCC2)CN(O)C=O)c(F)c(N2CCC[C@H]2CN(C)C)n1. The first kappa shape index (κ1) is 25.1. The number of hydrogen-bond acceptors (Lipinski definition) is 8. The standard InChI is InChI=1S/C22H36FN7O3/c1-15-24-20(19(23)21(25-15)30-10-6-9-18(30)13-28(2)3)26-27-22(32)17(12-29(33)14-31)11-16-7-4-5-8-16/h14,16-18,33H,4-13H2,1-3H3,(H,27,32)(H,24,25,26)/t17-,18-/m0/s1. The van der Waals surface area contributed by atoms with E-state index in [1.54, 1.807) is 6.92 Å². The molecule has 1 aliphatic heterocycles. The molecule has 0 aromatic carbocycles. The molecule has 3 N–H and O–H groups in total. The van der Waals surface area contributed by atoms with Crippen LogP contribution in [0.5, 0.6) is 0 Å². The number of rotatable bonds is 11. The monoisotopic (exact) mass is 465 g/mol. The second kappa shape index (κ2) is 11.6. The highest BCUT2D eigenvalue weighted by atomic mass is 19.1. The summed E-state index contributed by atoms with van der Waals surface area (Å²) in [6.45, 7) is 3.06. The van der Waals surface area contributed by atoms with Crippen molar-refractivity contribution in [2.24, 2.45) is 11.8 Å². The fourth-order valence-electron chi connectivity index (χ4n) is 4.95. The highest BCUT2D eigenvalue weighted by Crippen LogP contribution is 2.31. The number of nitrogens with zero attached hydrogens (tertiary/aromatic N) is 5. The molecular weight excluding hydrogens is 429 g/mol. The van der Waals surface area contributed by atoms with Crippen molar-refractivity contribution in [3.05, 3.63) is 11.6 Å². The van der Waals surface area contributed by atoms with Crippen molar-refractivity contribution in [3.63, 3.8) is 0 Å². The molecule has 2 atom stereocenters. The Labute approximate surface area is 194 Å². The topological polar surface area (TPSA) is 114 Å². The van der Waals surface area contributed by atoms with Crippen LogP contribution in [-0.2, 0) is 9.59 Å². The zero-order chi connectivity index (χ0) is 24.0. The summed E-state index contributed by atoms with van der Waals surface area (Å²) in [5.41, 5.74) is 5.15. The smallest absolute Gasteiger partial charge is 0.243 e. The Balaban J connectivity index is 1.71. The van der Waals surface area contributed by atoms with E-state index in [-0.39, 0.29) is 30.6 Å². The Kier molecular flexibility index (Phi) is 8.79. The van der Waals surface area contributed by atoms with E-state index in [9.17, 15) is 14.8 Å². The Bertz CT molecular complexity index is 819. The predicted octanol–water partition coefficient (Wildman–Crippen LogP) is 1.94. The molecule has 3 rings (SSSR count). The molecule has 2 aliphatic rings. The van der Waals surface area contributed by atoms with Gasteiger partial charge in [0.1, 0.15) is 5.82 Å². The van der Waals surface area contributed by atoms with E-state index in [2.05, 4.69) is 25.7 Å². The third-order valence-electron chi connectivity index (χ3n) is 6.47. The van der Waals surface area contributed by atoms with Gasteiger partial charge in [-0.15, -0.1) is 0 Å². The van der Waals surface area contributed by atoms with E-state index in [0.717, 1.165) is 45.1 Å². The quantitative estimate of drug-likeness (QED) is 0.258. The van der Waals surface area contributed by atoms with Crippen molar-refractivity contribution in [2.45, 2.75) is 57.9 Å². The third kappa shape index (κ3) is 6.73. The maximum absolute atomic E-state index is 15.4. The van der Waals surface area contributed by atoms with Crippen molar-refractivity contribution in [1.29, 1.82) is 0 Å². The van der Waals surface area contributed by atoms with Gasteiger partial charge in [-0.25, -0.2) is 15.0 Å². The molecule has 1 aromatic rings. The van der Waals surface area contributed by atoms with Crippen LogP contribution in [-0.4, -0.2) is 77.2 Å². The molecule has 33 heavy (non-hydrogen) atoms. The Hall–Kier alpha value is -2.53. The summed E-state index contributed by atoms with van der Waals surface area (Å²) in [6, 6.07) is 0.154. The molecule has 1 aliphatic carbocycles. The molecule has 10 nitrogen and oxygen atoms in total. The minimum Gasteiger partial charge on any atom is -0.350 e. The number of aryl methyl sites for hydroxylation is 1. The summed E-state index contributed by atoms with van der Waals surface area (Å²) in [5, 5.41) is 10.1. The maximum Gasteiger partial charge on any atom is 0.243 e. The van der Waals surface area contributed by atoms with Gasteiger partial charge in [-0.3, -0.25) is 25.6 Å². The largest absolute Gasteiger partial charge is 0.350 e. The molecule has 0 unspecified atom stereocenters. The van der Waals surface area contributed by atoms with Gasteiger partial charge in [-0.1, -0.05) is 25.7 Å². The van der Waals surface area contributed by atoms with Crippen LogP contribution in [0.25, 0.3) is 0 Å². The lowest BCUT2D eigenvalue weighted by Crippen LogP contribution is -2.41. The number of amides is 2. The van der Waals surface area contributed by atoms with Gasteiger partial charge in [-0.05, 0) is 46.2 Å². The summed E-state index contributed by atoms with van der Waals surface area (Å²) in [7, 11) is 3.97. The van der Waals surface area contributed by atoms with E-state index in [4.69, 9.17) is 0 Å². The Morgan fingerprint density at radius 3 is 2.67 bits per heavy atom. The number of aromatic nitrogens is 2. The number of hydroxylamine groups is 2. The van der Waals surface area contributed by atoms with Gasteiger partial charge in [0, 0.05) is 19.1 Å². The number of hydrogen-bond donors (Lipinski definition) is 3. The van der Waals surface area contributed by atoms with Gasteiger partial charge in [0.25, 0.3) is 0 Å². The normalized spacial score (nSPS) is 19.7. The molecule has 11 heteroatoms. The van der Waals surface area contributed by atoms with Crippen LogP contribution in [0.4, 0.5) is 16.0 Å². The fourth-order valence-corrected chi connectivity index (χ4v) is 4.95. The minimum atomic E-state index is -0.621. The highest BCUT2D eigenvalue weighted by Gasteiger charge is 2.31. The molecule has 0 bridgehead atoms. The highest BCUT2D eigenvalue weighted by molar-refractivity contribution is 5.80. The number of carbonyl (C=O) groups is 2. The number of nitrogens with one attached hydrogen (secondary N) is 2. The average Bonchev–Trinajstić information content (AvgIpc) is 3.45. The minimum absolute atomic E-state index is 0.0998. The van der Waals surface area contributed by atoms with E-state index < -0.39 is 17.6 Å². The molecule has 1 saturated heterocycles. The Morgan fingerprint density at radius 2 is 2.00 bits per heavy atom. The lowest BCUT2D eigenvalue weighted by Gasteiger charge is -2.29. The van der Waals surface area contributed by atoms with Gasteiger partial charge in [0.2, 0.25) is 18.1 Å². The van der Waals surface area contributed by atoms with Crippen LogP contribution < -0.4 is 15.8 Å². The number of anilines is 2. The van der Waals surface area contributed by atoms with E-state index in [0.29, 0.717) is 29.8 Å². The predicted molar refractivity (Wildman–Crippen MR) is 122 cm³/mol.